The van der Waals surface area contributed by atoms with Gasteiger partial charge in [0.2, 0.25) is 0 Å². The van der Waals surface area contributed by atoms with Crippen molar-refractivity contribution in [3.63, 3.8) is 0 Å². The molecule has 1 aromatic carbocycles. The molecule has 0 fully saturated rings. The molecule has 0 saturated carbocycles. The minimum Gasteiger partial charge on any atom is -0.486 e. The molecule has 1 aromatic rings. The van der Waals surface area contributed by atoms with Crippen LogP contribution in [0.4, 0.5) is 0 Å². The monoisotopic (exact) mass is 181 g/mol. The molecule has 70 valence electrons. The summed E-state index contributed by atoms with van der Waals surface area (Å²) in [7, 11) is 0. The molecule has 0 saturated heterocycles. The maximum atomic E-state index is 8.50. The lowest BCUT2D eigenvalue weighted by Crippen LogP contribution is -2.16. The SMILES string of the molecule is ONCc1ccc2c(c1)OCCO2. The Hall–Kier alpha value is -1.26. The van der Waals surface area contributed by atoms with Crippen molar-refractivity contribution in [2.24, 2.45) is 0 Å². The summed E-state index contributed by atoms with van der Waals surface area (Å²) in [5.74, 6) is 1.52. The zero-order valence-electron chi connectivity index (χ0n) is 7.12. The Morgan fingerprint density at radius 1 is 1.23 bits per heavy atom. The van der Waals surface area contributed by atoms with Gasteiger partial charge in [0.05, 0.1) is 0 Å². The number of hydroxylamine groups is 1. The van der Waals surface area contributed by atoms with Crippen molar-refractivity contribution in [3.8, 4) is 11.5 Å². The molecule has 1 aliphatic heterocycles. The maximum Gasteiger partial charge on any atom is 0.161 e. The molecule has 0 unspecified atom stereocenters. The molecule has 13 heavy (non-hydrogen) atoms. The zero-order chi connectivity index (χ0) is 9.10. The van der Waals surface area contributed by atoms with E-state index in [2.05, 4.69) is 5.48 Å². The maximum absolute atomic E-state index is 8.50. The fraction of sp³-hybridized carbons (Fsp3) is 0.333. The second-order valence-electron chi connectivity index (χ2n) is 2.81. The number of nitrogens with one attached hydrogen (secondary N) is 1. The van der Waals surface area contributed by atoms with Crippen LogP contribution < -0.4 is 15.0 Å². The summed E-state index contributed by atoms with van der Waals surface area (Å²) in [5, 5.41) is 8.50. The lowest BCUT2D eigenvalue weighted by molar-refractivity contribution is 0.159. The molecule has 0 atom stereocenters. The Bertz CT molecular complexity index is 301. The summed E-state index contributed by atoms with van der Waals surface area (Å²) in [6.45, 7) is 1.60. The predicted molar refractivity (Wildman–Crippen MR) is 46.1 cm³/mol. The molecule has 1 heterocycles. The molecule has 0 radical (unpaired) electrons. The van der Waals surface area contributed by atoms with Crippen molar-refractivity contribution in [1.82, 2.24) is 5.48 Å². The zero-order valence-corrected chi connectivity index (χ0v) is 7.12. The summed E-state index contributed by atoms with van der Waals surface area (Å²) in [6.07, 6.45) is 0. The van der Waals surface area contributed by atoms with Crippen molar-refractivity contribution < 1.29 is 14.7 Å². The quantitative estimate of drug-likeness (QED) is 0.666. The van der Waals surface area contributed by atoms with Gasteiger partial charge in [-0.3, -0.25) is 0 Å². The van der Waals surface area contributed by atoms with Gasteiger partial charge in [-0.2, -0.15) is 0 Å². The van der Waals surface area contributed by atoms with Gasteiger partial charge < -0.3 is 14.7 Å². The first-order valence-corrected chi connectivity index (χ1v) is 4.15. The second kappa shape index (κ2) is 3.64. The summed E-state index contributed by atoms with van der Waals surface area (Å²) in [4.78, 5) is 0. The lowest BCUT2D eigenvalue weighted by Gasteiger charge is -2.18. The van der Waals surface area contributed by atoms with Gasteiger partial charge in [0.1, 0.15) is 13.2 Å². The second-order valence-corrected chi connectivity index (χ2v) is 2.81. The van der Waals surface area contributed by atoms with E-state index in [-0.39, 0.29) is 0 Å². The standard InChI is InChI=1S/C9H11NO3/c11-10-6-7-1-2-8-9(5-7)13-4-3-12-8/h1-2,5,10-11H,3-4,6H2. The molecule has 2 N–H and O–H groups in total. The predicted octanol–water partition coefficient (Wildman–Crippen LogP) is 0.937. The highest BCUT2D eigenvalue weighted by Crippen LogP contribution is 2.30. The van der Waals surface area contributed by atoms with Crippen LogP contribution in [0.5, 0.6) is 11.5 Å². The third-order valence-corrected chi connectivity index (χ3v) is 1.89. The van der Waals surface area contributed by atoms with E-state index < -0.39 is 0 Å². The third kappa shape index (κ3) is 1.74. The van der Waals surface area contributed by atoms with Crippen LogP contribution in [-0.2, 0) is 6.54 Å². The fourth-order valence-corrected chi connectivity index (χ4v) is 1.29. The van der Waals surface area contributed by atoms with E-state index in [1.54, 1.807) is 0 Å². The lowest BCUT2D eigenvalue weighted by atomic mass is 10.2. The van der Waals surface area contributed by atoms with Gasteiger partial charge in [0, 0.05) is 6.54 Å². The van der Waals surface area contributed by atoms with Gasteiger partial charge in [-0.05, 0) is 17.7 Å². The van der Waals surface area contributed by atoms with Crippen LogP contribution in [0.1, 0.15) is 5.56 Å². The Kier molecular flexibility index (Phi) is 2.33. The number of fused-ring (bicyclic) bond motifs is 1. The van der Waals surface area contributed by atoms with Crippen LogP contribution in [-0.4, -0.2) is 18.4 Å². The van der Waals surface area contributed by atoms with E-state index in [9.17, 15) is 0 Å². The Morgan fingerprint density at radius 2 is 2.00 bits per heavy atom. The van der Waals surface area contributed by atoms with E-state index >= 15 is 0 Å². The molecule has 4 nitrogen and oxygen atoms in total. The van der Waals surface area contributed by atoms with Crippen LogP contribution in [0.3, 0.4) is 0 Å². The van der Waals surface area contributed by atoms with E-state index in [4.69, 9.17) is 14.7 Å². The first-order chi connectivity index (χ1) is 6.40. The molecule has 0 amide bonds. The molecular formula is C9H11NO3. The Morgan fingerprint density at radius 3 is 2.77 bits per heavy atom. The van der Waals surface area contributed by atoms with Crippen molar-refractivity contribution in [3.05, 3.63) is 23.8 Å². The minimum absolute atomic E-state index is 0.413. The molecule has 2 rings (SSSR count). The first-order valence-electron chi connectivity index (χ1n) is 4.15. The molecule has 1 aliphatic rings. The van der Waals surface area contributed by atoms with Crippen LogP contribution in [0.15, 0.2) is 18.2 Å². The van der Waals surface area contributed by atoms with Gasteiger partial charge in [0.15, 0.2) is 11.5 Å². The van der Waals surface area contributed by atoms with E-state index in [1.165, 1.54) is 0 Å². The summed E-state index contributed by atoms with van der Waals surface area (Å²) < 4.78 is 10.7. The van der Waals surface area contributed by atoms with Gasteiger partial charge >= 0.3 is 0 Å². The van der Waals surface area contributed by atoms with Crippen LogP contribution in [0.25, 0.3) is 0 Å². The topological polar surface area (TPSA) is 50.7 Å². The van der Waals surface area contributed by atoms with Crippen molar-refractivity contribution >= 4 is 0 Å². The highest BCUT2D eigenvalue weighted by atomic mass is 16.6. The number of rotatable bonds is 2. The molecule has 0 bridgehead atoms. The number of hydrogen-bond acceptors (Lipinski definition) is 4. The highest BCUT2D eigenvalue weighted by molar-refractivity contribution is 5.43. The summed E-state index contributed by atoms with van der Waals surface area (Å²) in [6, 6.07) is 5.59. The summed E-state index contributed by atoms with van der Waals surface area (Å²) >= 11 is 0. The van der Waals surface area contributed by atoms with Crippen LogP contribution >= 0.6 is 0 Å². The average Bonchev–Trinajstić information content (AvgIpc) is 2.18. The number of benzene rings is 1. The van der Waals surface area contributed by atoms with Gasteiger partial charge in [-0.15, -0.1) is 0 Å². The smallest absolute Gasteiger partial charge is 0.161 e. The molecule has 0 spiro atoms. The molecule has 4 heteroatoms. The minimum atomic E-state index is 0.413. The highest BCUT2D eigenvalue weighted by Gasteiger charge is 2.10. The normalized spacial score (nSPS) is 14.2. The van der Waals surface area contributed by atoms with Crippen LogP contribution in [0, 0.1) is 0 Å². The number of hydrogen-bond donors (Lipinski definition) is 2. The first kappa shape index (κ1) is 8.34. The van der Waals surface area contributed by atoms with Crippen molar-refractivity contribution in [1.29, 1.82) is 0 Å². The molecule has 0 aliphatic carbocycles. The van der Waals surface area contributed by atoms with Gasteiger partial charge in [-0.1, -0.05) is 6.07 Å². The number of ether oxygens (including phenoxy) is 2. The van der Waals surface area contributed by atoms with E-state index in [0.29, 0.717) is 19.8 Å². The van der Waals surface area contributed by atoms with Gasteiger partial charge in [0.25, 0.3) is 0 Å². The van der Waals surface area contributed by atoms with Crippen molar-refractivity contribution in [2.45, 2.75) is 6.54 Å². The Balaban J connectivity index is 2.24. The van der Waals surface area contributed by atoms with E-state index in [1.807, 2.05) is 18.2 Å². The fourth-order valence-electron chi connectivity index (χ4n) is 1.29. The average molecular weight is 181 g/mol. The van der Waals surface area contributed by atoms with Crippen LogP contribution in [0.2, 0.25) is 0 Å². The molecule has 0 aromatic heterocycles. The largest absolute Gasteiger partial charge is 0.486 e. The van der Waals surface area contributed by atoms with Gasteiger partial charge in [-0.25, -0.2) is 5.48 Å². The third-order valence-electron chi connectivity index (χ3n) is 1.89. The molecular weight excluding hydrogens is 170 g/mol. The van der Waals surface area contributed by atoms with E-state index in [0.717, 1.165) is 17.1 Å². The van der Waals surface area contributed by atoms with Crippen molar-refractivity contribution in [2.75, 3.05) is 13.2 Å². The Labute approximate surface area is 76.0 Å². The summed E-state index contributed by atoms with van der Waals surface area (Å²) in [5.41, 5.74) is 3.06.